The highest BCUT2D eigenvalue weighted by atomic mass is 32.2. The number of fused-ring (bicyclic) bond motifs is 2. The Balaban J connectivity index is 0.000000176. The van der Waals surface area contributed by atoms with Crippen LogP contribution in [0.4, 0.5) is 0 Å². The second-order valence-corrected chi connectivity index (χ2v) is 10.0. The van der Waals surface area contributed by atoms with Crippen LogP contribution in [-0.4, -0.2) is 30.4 Å². The molecule has 2 aliphatic rings. The smallest absolute Gasteiger partial charge is 0.164 e. The second-order valence-electron chi connectivity index (χ2n) is 8.10. The quantitative estimate of drug-likeness (QED) is 0.720. The predicted octanol–water partition coefficient (Wildman–Crippen LogP) is 4.27. The van der Waals surface area contributed by atoms with Crippen LogP contribution in [0.5, 0.6) is 0 Å². The van der Waals surface area contributed by atoms with Crippen LogP contribution >= 0.6 is 0 Å². The van der Waals surface area contributed by atoms with E-state index >= 15 is 0 Å². The lowest BCUT2D eigenvalue weighted by Gasteiger charge is -2.19. The molecule has 0 saturated heterocycles. The number of carbonyl (C=O) groups excluding carboxylic acids is 1. The first-order valence-corrected chi connectivity index (χ1v) is 10.9. The summed E-state index contributed by atoms with van der Waals surface area (Å²) < 4.78 is 16.1. The Morgan fingerprint density at radius 1 is 0.893 bits per heavy atom. The SMILES string of the molecule is CC(C)(C)[S@@](=O)N=C1CCCc2ccncc21.O=C1CCCc2ccncc21. The van der Waals surface area contributed by atoms with E-state index < -0.39 is 11.0 Å². The van der Waals surface area contributed by atoms with Crippen LogP contribution in [0, 0.1) is 0 Å². The molecular weight excluding hydrogens is 370 g/mol. The van der Waals surface area contributed by atoms with Gasteiger partial charge in [-0.3, -0.25) is 14.8 Å². The predicted molar refractivity (Wildman–Crippen MR) is 113 cm³/mol. The average Bonchev–Trinajstić information content (AvgIpc) is 2.68. The van der Waals surface area contributed by atoms with Gasteiger partial charge in [0.1, 0.15) is 11.0 Å². The molecule has 0 radical (unpaired) electrons. The minimum atomic E-state index is -1.18. The number of rotatable bonds is 1. The first-order chi connectivity index (χ1) is 13.4. The molecule has 0 N–H and O–H groups in total. The van der Waals surface area contributed by atoms with Crippen molar-refractivity contribution in [3.63, 3.8) is 0 Å². The molecule has 2 aromatic rings. The third-order valence-electron chi connectivity index (χ3n) is 4.86. The summed E-state index contributed by atoms with van der Waals surface area (Å²) in [7, 11) is -1.18. The summed E-state index contributed by atoms with van der Waals surface area (Å²) in [6.07, 6.45) is 12.8. The monoisotopic (exact) mass is 397 g/mol. The van der Waals surface area contributed by atoms with Crippen molar-refractivity contribution in [1.82, 2.24) is 9.97 Å². The number of hydrogen-bond acceptors (Lipinski definition) is 4. The van der Waals surface area contributed by atoms with Crippen molar-refractivity contribution in [3.05, 3.63) is 59.2 Å². The Morgan fingerprint density at radius 2 is 1.46 bits per heavy atom. The van der Waals surface area contributed by atoms with E-state index in [-0.39, 0.29) is 10.5 Å². The lowest BCUT2D eigenvalue weighted by Crippen LogP contribution is -2.22. The molecule has 28 heavy (non-hydrogen) atoms. The largest absolute Gasteiger partial charge is 0.294 e. The Bertz CT molecular complexity index is 916. The molecule has 0 aromatic carbocycles. The van der Waals surface area contributed by atoms with Crippen LogP contribution in [-0.2, 0) is 23.8 Å². The van der Waals surface area contributed by atoms with E-state index in [4.69, 9.17) is 0 Å². The van der Waals surface area contributed by atoms with Gasteiger partial charge in [0.2, 0.25) is 0 Å². The molecule has 1 atom stereocenters. The maximum Gasteiger partial charge on any atom is 0.164 e. The van der Waals surface area contributed by atoms with Crippen LogP contribution in [0.25, 0.3) is 0 Å². The molecule has 2 heterocycles. The Kier molecular flexibility index (Phi) is 6.50. The third-order valence-corrected chi connectivity index (χ3v) is 6.29. The van der Waals surface area contributed by atoms with Crippen molar-refractivity contribution in [2.45, 2.75) is 64.0 Å². The maximum absolute atomic E-state index is 12.0. The van der Waals surface area contributed by atoms with Gasteiger partial charge in [0.15, 0.2) is 5.78 Å². The molecule has 0 amide bonds. The second kappa shape index (κ2) is 8.86. The first-order valence-electron chi connectivity index (χ1n) is 9.75. The van der Waals surface area contributed by atoms with Crippen molar-refractivity contribution in [2.24, 2.45) is 4.40 Å². The minimum absolute atomic E-state index is 0.249. The zero-order valence-electron chi connectivity index (χ0n) is 16.8. The molecule has 6 heteroatoms. The normalized spacial score (nSPS) is 18.5. The first kappa shape index (κ1) is 20.5. The van der Waals surface area contributed by atoms with E-state index in [1.54, 1.807) is 12.4 Å². The van der Waals surface area contributed by atoms with Gasteiger partial charge in [-0.15, -0.1) is 0 Å². The number of carbonyl (C=O) groups is 1. The molecule has 0 unspecified atom stereocenters. The van der Waals surface area contributed by atoms with E-state index in [2.05, 4.69) is 14.4 Å². The van der Waals surface area contributed by atoms with Crippen molar-refractivity contribution < 1.29 is 9.00 Å². The van der Waals surface area contributed by atoms with Crippen molar-refractivity contribution in [3.8, 4) is 0 Å². The summed E-state index contributed by atoms with van der Waals surface area (Å²) in [6.45, 7) is 5.83. The average molecular weight is 398 g/mol. The molecule has 5 nitrogen and oxygen atoms in total. The van der Waals surface area contributed by atoms with Crippen molar-refractivity contribution in [1.29, 1.82) is 0 Å². The summed E-state index contributed by atoms with van der Waals surface area (Å²) in [5.74, 6) is 0.249. The molecule has 148 valence electrons. The Labute approximate surface area is 169 Å². The number of aryl methyl sites for hydroxylation is 2. The Morgan fingerprint density at radius 3 is 2.07 bits per heavy atom. The highest BCUT2D eigenvalue weighted by molar-refractivity contribution is 7.85. The van der Waals surface area contributed by atoms with Crippen LogP contribution < -0.4 is 0 Å². The summed E-state index contributed by atoms with van der Waals surface area (Å²) in [5.41, 5.74) is 5.30. The van der Waals surface area contributed by atoms with E-state index in [0.717, 1.165) is 54.5 Å². The number of hydrogen-bond donors (Lipinski definition) is 0. The van der Waals surface area contributed by atoms with Gasteiger partial charge in [-0.25, -0.2) is 4.21 Å². The summed E-state index contributed by atoms with van der Waals surface area (Å²) in [6, 6.07) is 3.97. The van der Waals surface area contributed by atoms with Crippen LogP contribution in [0.2, 0.25) is 0 Å². The fourth-order valence-corrected chi connectivity index (χ4v) is 3.94. The van der Waals surface area contributed by atoms with Gasteiger partial charge in [-0.2, -0.15) is 4.40 Å². The van der Waals surface area contributed by atoms with E-state index in [0.29, 0.717) is 6.42 Å². The minimum Gasteiger partial charge on any atom is -0.294 e. The number of aromatic nitrogens is 2. The lowest BCUT2D eigenvalue weighted by atomic mass is 9.92. The number of nitrogens with zero attached hydrogens (tertiary/aromatic N) is 3. The summed E-state index contributed by atoms with van der Waals surface area (Å²) in [5, 5.41) is 0. The molecule has 2 aromatic heterocycles. The standard InChI is InChI=1S/C13H18N2OS.C9H9NO/c1-13(2,3)17(16)15-12-6-4-5-10-7-8-14-9-11(10)12;11-9-3-1-2-7-4-5-10-6-8(7)9/h7-9H,4-6H2,1-3H3;4-6H,1-3H2/t17-;/m1./s1. The summed E-state index contributed by atoms with van der Waals surface area (Å²) in [4.78, 5) is 19.3. The molecule has 0 bridgehead atoms. The number of ketones is 1. The zero-order chi connectivity index (χ0) is 20.1. The van der Waals surface area contributed by atoms with Crippen molar-refractivity contribution >= 4 is 22.5 Å². The fraction of sp³-hybridized carbons (Fsp3) is 0.455. The molecule has 0 saturated carbocycles. The van der Waals surface area contributed by atoms with E-state index in [1.807, 2.05) is 45.3 Å². The molecule has 0 fully saturated rings. The molecular formula is C22H27N3O2S. The van der Waals surface area contributed by atoms with Gasteiger partial charge in [0.25, 0.3) is 0 Å². The number of Topliss-reactive ketones (excluding diaryl/α,β-unsaturated/α-hetero) is 1. The van der Waals surface area contributed by atoms with Gasteiger partial charge in [0.05, 0.1) is 10.5 Å². The summed E-state index contributed by atoms with van der Waals surface area (Å²) >= 11 is 0. The third kappa shape index (κ3) is 4.98. The topological polar surface area (TPSA) is 72.3 Å². The molecule has 2 aliphatic carbocycles. The lowest BCUT2D eigenvalue weighted by molar-refractivity contribution is 0.0972. The molecule has 0 spiro atoms. The van der Waals surface area contributed by atoms with Gasteiger partial charge in [-0.05, 0) is 76.1 Å². The highest BCUT2D eigenvalue weighted by Crippen LogP contribution is 2.23. The Hall–Kier alpha value is -2.21. The zero-order valence-corrected chi connectivity index (χ0v) is 17.6. The van der Waals surface area contributed by atoms with Crippen LogP contribution in [0.1, 0.15) is 73.5 Å². The van der Waals surface area contributed by atoms with Gasteiger partial charge >= 0.3 is 0 Å². The van der Waals surface area contributed by atoms with Crippen molar-refractivity contribution in [2.75, 3.05) is 0 Å². The van der Waals surface area contributed by atoms with E-state index in [1.165, 1.54) is 5.56 Å². The maximum atomic E-state index is 12.0. The van der Waals surface area contributed by atoms with Crippen LogP contribution in [0.3, 0.4) is 0 Å². The molecule has 0 aliphatic heterocycles. The van der Waals surface area contributed by atoms with Gasteiger partial charge in [-0.1, -0.05) is 0 Å². The van der Waals surface area contributed by atoms with Crippen LogP contribution in [0.15, 0.2) is 41.3 Å². The van der Waals surface area contributed by atoms with E-state index in [9.17, 15) is 9.00 Å². The van der Waals surface area contributed by atoms with Gasteiger partial charge < -0.3 is 0 Å². The van der Waals surface area contributed by atoms with Gasteiger partial charge in [0, 0.05) is 42.3 Å². The highest BCUT2D eigenvalue weighted by Gasteiger charge is 2.22. The molecule has 4 rings (SSSR count). The number of pyridine rings is 2. The fourth-order valence-electron chi connectivity index (χ4n) is 3.28.